The van der Waals surface area contributed by atoms with Gasteiger partial charge in [0.15, 0.2) is 9.73 Å². The van der Waals surface area contributed by atoms with Crippen molar-refractivity contribution < 1.29 is 13.9 Å². The van der Waals surface area contributed by atoms with Gasteiger partial charge in [-0.3, -0.25) is 9.20 Å². The number of hydrogen-bond acceptors (Lipinski definition) is 6. The van der Waals surface area contributed by atoms with Crippen LogP contribution in [0.15, 0.2) is 41.9 Å². The molecule has 0 radical (unpaired) electrons. The van der Waals surface area contributed by atoms with Gasteiger partial charge in [0.1, 0.15) is 5.82 Å². The molecule has 4 aromatic rings. The van der Waals surface area contributed by atoms with E-state index in [1.54, 1.807) is 31.3 Å². The first-order valence-corrected chi connectivity index (χ1v) is 9.81. The summed E-state index contributed by atoms with van der Waals surface area (Å²) in [5.74, 6) is -0.634. The first-order chi connectivity index (χ1) is 13.6. The zero-order valence-electron chi connectivity index (χ0n) is 14.8. The fraction of sp³-hybridized carbons (Fsp3) is 0.158. The molecule has 0 saturated carbocycles. The predicted molar refractivity (Wildman–Crippen MR) is 107 cm³/mol. The largest absolute Gasteiger partial charge is 0.466 e. The number of benzene rings is 1. The Morgan fingerprint density at radius 1 is 1.32 bits per heavy atom. The average Bonchev–Trinajstić information content (AvgIpc) is 3.22. The van der Waals surface area contributed by atoms with E-state index in [2.05, 4.69) is 9.97 Å². The van der Waals surface area contributed by atoms with Crippen LogP contribution in [-0.2, 0) is 16.0 Å². The standard InChI is InChI=1S/C19H15FN4O2S2/c1-2-26-15(25)9-13-10-28-19-23-16(11-3-5-12(20)6-4-11)17(24(13)19)14-7-8-21-18(27)22-14/h3-8,10H,2,9H2,1H3,(H,21,22,27). The molecule has 0 aliphatic rings. The second kappa shape index (κ2) is 7.61. The number of esters is 1. The van der Waals surface area contributed by atoms with Gasteiger partial charge in [0.05, 0.1) is 30.1 Å². The van der Waals surface area contributed by atoms with Gasteiger partial charge in [0.2, 0.25) is 0 Å². The van der Waals surface area contributed by atoms with Crippen LogP contribution in [0.4, 0.5) is 4.39 Å². The molecule has 9 heteroatoms. The number of carbonyl (C=O) groups excluding carboxylic acids is 1. The summed E-state index contributed by atoms with van der Waals surface area (Å²) in [6.07, 6.45) is 1.73. The quantitative estimate of drug-likeness (QED) is 0.386. The van der Waals surface area contributed by atoms with Crippen LogP contribution in [0.2, 0.25) is 0 Å². The number of rotatable bonds is 5. The molecule has 3 aromatic heterocycles. The number of aromatic nitrogens is 4. The molecule has 0 aliphatic heterocycles. The van der Waals surface area contributed by atoms with Gasteiger partial charge < -0.3 is 9.72 Å². The number of nitrogens with zero attached hydrogens (tertiary/aromatic N) is 3. The molecule has 1 N–H and O–H groups in total. The lowest BCUT2D eigenvalue weighted by molar-refractivity contribution is -0.142. The molecule has 3 heterocycles. The smallest absolute Gasteiger partial charge is 0.311 e. The van der Waals surface area contributed by atoms with E-state index in [4.69, 9.17) is 21.9 Å². The highest BCUT2D eigenvalue weighted by Gasteiger charge is 2.21. The molecule has 0 unspecified atom stereocenters. The summed E-state index contributed by atoms with van der Waals surface area (Å²) in [4.78, 5) is 24.6. The van der Waals surface area contributed by atoms with Crippen LogP contribution >= 0.6 is 23.6 Å². The minimum atomic E-state index is -0.322. The fourth-order valence-corrected chi connectivity index (χ4v) is 4.02. The number of thiazole rings is 1. The van der Waals surface area contributed by atoms with E-state index < -0.39 is 0 Å². The minimum Gasteiger partial charge on any atom is -0.466 e. The third kappa shape index (κ3) is 3.46. The number of ether oxygens (including phenoxy) is 1. The Labute approximate surface area is 168 Å². The van der Waals surface area contributed by atoms with Gasteiger partial charge in [-0.2, -0.15) is 0 Å². The summed E-state index contributed by atoms with van der Waals surface area (Å²) in [6, 6.07) is 7.91. The summed E-state index contributed by atoms with van der Waals surface area (Å²) >= 11 is 6.59. The monoisotopic (exact) mass is 414 g/mol. The average molecular weight is 414 g/mol. The highest BCUT2D eigenvalue weighted by molar-refractivity contribution is 7.71. The number of nitrogens with one attached hydrogen (secondary N) is 1. The van der Waals surface area contributed by atoms with Gasteiger partial charge in [-0.05, 0) is 49.5 Å². The van der Waals surface area contributed by atoms with Crippen molar-refractivity contribution in [3.8, 4) is 22.6 Å². The maximum absolute atomic E-state index is 13.4. The zero-order chi connectivity index (χ0) is 19.7. The Morgan fingerprint density at radius 3 is 2.82 bits per heavy atom. The second-order valence-corrected chi connectivity index (χ2v) is 7.15. The fourth-order valence-electron chi connectivity index (χ4n) is 2.96. The van der Waals surface area contributed by atoms with E-state index in [0.29, 0.717) is 27.7 Å². The van der Waals surface area contributed by atoms with Gasteiger partial charge in [0, 0.05) is 22.8 Å². The number of imidazole rings is 1. The molecule has 4 rings (SSSR count). The van der Waals surface area contributed by atoms with Crippen molar-refractivity contribution in [3.63, 3.8) is 0 Å². The van der Waals surface area contributed by atoms with Crippen molar-refractivity contribution in [2.75, 3.05) is 6.61 Å². The molecule has 0 atom stereocenters. The van der Waals surface area contributed by atoms with Gasteiger partial charge >= 0.3 is 5.97 Å². The van der Waals surface area contributed by atoms with Gasteiger partial charge in [-0.1, -0.05) is 0 Å². The van der Waals surface area contributed by atoms with Crippen LogP contribution in [0.1, 0.15) is 12.6 Å². The van der Waals surface area contributed by atoms with E-state index in [9.17, 15) is 9.18 Å². The summed E-state index contributed by atoms with van der Waals surface area (Å²) in [5, 5.41) is 1.88. The predicted octanol–water partition coefficient (Wildman–Crippen LogP) is 4.43. The van der Waals surface area contributed by atoms with E-state index in [1.165, 1.54) is 23.5 Å². The number of fused-ring (bicyclic) bond motifs is 1. The number of aromatic amines is 1. The maximum Gasteiger partial charge on any atom is 0.311 e. The number of halogens is 1. The molecular weight excluding hydrogens is 399 g/mol. The third-order valence-corrected chi connectivity index (χ3v) is 5.19. The SMILES string of the molecule is CCOC(=O)Cc1csc2nc(-c3ccc(F)cc3)c(-c3ccnc(=S)[nH]3)n12. The number of H-pyrrole nitrogens is 1. The van der Waals surface area contributed by atoms with Gasteiger partial charge in [0.25, 0.3) is 0 Å². The molecule has 6 nitrogen and oxygen atoms in total. The molecular formula is C19H15FN4O2S2. The Morgan fingerprint density at radius 2 is 2.11 bits per heavy atom. The zero-order valence-corrected chi connectivity index (χ0v) is 16.4. The summed E-state index contributed by atoms with van der Waals surface area (Å²) in [6.45, 7) is 2.09. The molecule has 1 aromatic carbocycles. The number of hydrogen-bond donors (Lipinski definition) is 1. The van der Waals surface area contributed by atoms with Crippen molar-refractivity contribution in [3.05, 3.63) is 58.2 Å². The van der Waals surface area contributed by atoms with Crippen LogP contribution in [0.5, 0.6) is 0 Å². The van der Waals surface area contributed by atoms with Crippen LogP contribution < -0.4 is 0 Å². The topological polar surface area (TPSA) is 72.3 Å². The molecule has 0 spiro atoms. The van der Waals surface area contributed by atoms with Crippen molar-refractivity contribution in [1.29, 1.82) is 0 Å². The van der Waals surface area contributed by atoms with Gasteiger partial charge in [-0.15, -0.1) is 11.3 Å². The summed E-state index contributed by atoms with van der Waals surface area (Å²) in [7, 11) is 0. The van der Waals surface area contributed by atoms with Crippen LogP contribution in [0, 0.1) is 10.6 Å². The molecule has 28 heavy (non-hydrogen) atoms. The van der Waals surface area contributed by atoms with Crippen molar-refractivity contribution in [2.45, 2.75) is 13.3 Å². The molecule has 0 aliphatic carbocycles. The van der Waals surface area contributed by atoms with Crippen LogP contribution in [0.25, 0.3) is 27.6 Å². The van der Waals surface area contributed by atoms with Crippen molar-refractivity contribution >= 4 is 34.5 Å². The van der Waals surface area contributed by atoms with Gasteiger partial charge in [-0.25, -0.2) is 14.4 Å². The van der Waals surface area contributed by atoms with E-state index in [0.717, 1.165) is 17.0 Å². The Kier molecular flexibility index (Phi) is 5.01. The molecule has 0 saturated heterocycles. The first kappa shape index (κ1) is 18.5. The Bertz CT molecular complexity index is 1210. The van der Waals surface area contributed by atoms with Crippen LogP contribution in [-0.4, -0.2) is 31.9 Å². The highest BCUT2D eigenvalue weighted by atomic mass is 32.1. The Hall–Kier alpha value is -2.91. The lowest BCUT2D eigenvalue weighted by Gasteiger charge is -2.08. The molecule has 0 amide bonds. The summed E-state index contributed by atoms with van der Waals surface area (Å²) in [5.41, 5.74) is 3.61. The van der Waals surface area contributed by atoms with E-state index in [-0.39, 0.29) is 18.2 Å². The minimum absolute atomic E-state index is 0.117. The summed E-state index contributed by atoms with van der Waals surface area (Å²) < 4.78 is 20.7. The van der Waals surface area contributed by atoms with Crippen molar-refractivity contribution in [2.24, 2.45) is 0 Å². The normalized spacial score (nSPS) is 11.1. The van der Waals surface area contributed by atoms with Crippen LogP contribution in [0.3, 0.4) is 0 Å². The van der Waals surface area contributed by atoms with E-state index in [1.807, 2.05) is 9.78 Å². The van der Waals surface area contributed by atoms with E-state index >= 15 is 0 Å². The van der Waals surface area contributed by atoms with Crippen molar-refractivity contribution in [1.82, 2.24) is 19.4 Å². The lowest BCUT2D eigenvalue weighted by atomic mass is 10.1. The highest BCUT2D eigenvalue weighted by Crippen LogP contribution is 2.35. The maximum atomic E-state index is 13.4. The first-order valence-electron chi connectivity index (χ1n) is 8.53. The lowest BCUT2D eigenvalue weighted by Crippen LogP contribution is -2.09. The molecule has 142 valence electrons. The number of carbonyl (C=O) groups is 1. The molecule has 0 bridgehead atoms. The second-order valence-electron chi connectivity index (χ2n) is 5.93. The molecule has 0 fully saturated rings. The third-order valence-electron chi connectivity index (χ3n) is 4.11. The Balaban J connectivity index is 1.95.